The van der Waals surface area contributed by atoms with Crippen LogP contribution < -0.4 is 0 Å². The third-order valence-electron chi connectivity index (χ3n) is 1.53. The molecular formula is C6H9N3O2. The molecule has 11 heavy (non-hydrogen) atoms. The Morgan fingerprint density at radius 1 is 1.82 bits per heavy atom. The zero-order chi connectivity index (χ0) is 8.43. The molecule has 0 aliphatic heterocycles. The van der Waals surface area contributed by atoms with Gasteiger partial charge in [0, 0.05) is 0 Å². The zero-order valence-corrected chi connectivity index (χ0v) is 6.44. The van der Waals surface area contributed by atoms with Gasteiger partial charge in [-0.25, -0.2) is 0 Å². The van der Waals surface area contributed by atoms with Crippen LogP contribution in [0, 0.1) is 10.1 Å². The van der Waals surface area contributed by atoms with Crippen molar-refractivity contribution in [1.82, 2.24) is 9.78 Å². The summed E-state index contributed by atoms with van der Waals surface area (Å²) in [6, 6.07) is 0. The molecule has 0 unspecified atom stereocenters. The van der Waals surface area contributed by atoms with Gasteiger partial charge in [-0.05, 0) is 11.3 Å². The maximum atomic E-state index is 10.4. The van der Waals surface area contributed by atoms with Gasteiger partial charge in [0.25, 0.3) is 0 Å². The Bertz CT molecular complexity index is 279. The summed E-state index contributed by atoms with van der Waals surface area (Å²) in [5.74, 6) is 0.0903. The standard InChI is InChI=1S/C6H9N3O2/c1-3-5-4-7-8(2)6(5)9(10)11/h4H,3H2,1-2H3. The van der Waals surface area contributed by atoms with E-state index in [1.165, 1.54) is 10.9 Å². The van der Waals surface area contributed by atoms with Crippen molar-refractivity contribution in [3.63, 3.8) is 0 Å². The summed E-state index contributed by atoms with van der Waals surface area (Å²) < 4.78 is 1.28. The van der Waals surface area contributed by atoms with E-state index < -0.39 is 4.92 Å². The third kappa shape index (κ3) is 1.21. The first-order chi connectivity index (χ1) is 5.16. The van der Waals surface area contributed by atoms with E-state index in [2.05, 4.69) is 5.10 Å². The SMILES string of the molecule is CCc1cnn(C)c1[N+](=O)[O-]. The molecule has 1 heterocycles. The number of aromatic nitrogens is 2. The Morgan fingerprint density at radius 3 is 2.82 bits per heavy atom. The van der Waals surface area contributed by atoms with Gasteiger partial charge in [0.15, 0.2) is 0 Å². The number of rotatable bonds is 2. The summed E-state index contributed by atoms with van der Waals surface area (Å²) in [6.07, 6.45) is 2.17. The molecule has 5 nitrogen and oxygen atoms in total. The molecule has 0 aromatic carbocycles. The largest absolute Gasteiger partial charge is 0.358 e. The van der Waals surface area contributed by atoms with E-state index in [1.807, 2.05) is 6.92 Å². The lowest BCUT2D eigenvalue weighted by Crippen LogP contribution is -1.99. The Balaban J connectivity index is 3.17. The van der Waals surface area contributed by atoms with Crippen molar-refractivity contribution in [1.29, 1.82) is 0 Å². The van der Waals surface area contributed by atoms with Gasteiger partial charge in [-0.2, -0.15) is 0 Å². The molecule has 0 amide bonds. The Kier molecular flexibility index (Phi) is 1.89. The summed E-state index contributed by atoms with van der Waals surface area (Å²) in [6.45, 7) is 1.87. The van der Waals surface area contributed by atoms with Crippen LogP contribution in [0.3, 0.4) is 0 Å². The molecular weight excluding hydrogens is 146 g/mol. The molecule has 0 fully saturated rings. The van der Waals surface area contributed by atoms with Crippen LogP contribution in [0.4, 0.5) is 5.82 Å². The van der Waals surface area contributed by atoms with Crippen LogP contribution in [0.1, 0.15) is 12.5 Å². The highest BCUT2D eigenvalue weighted by Crippen LogP contribution is 2.16. The second-order valence-corrected chi connectivity index (χ2v) is 2.23. The van der Waals surface area contributed by atoms with Crippen LogP contribution in [-0.4, -0.2) is 14.7 Å². The normalized spacial score (nSPS) is 10.0. The molecule has 0 saturated heterocycles. The quantitative estimate of drug-likeness (QED) is 0.470. The van der Waals surface area contributed by atoms with Crippen molar-refractivity contribution >= 4 is 5.82 Å². The summed E-state index contributed by atoms with van der Waals surface area (Å²) in [5, 5.41) is 14.2. The first-order valence-electron chi connectivity index (χ1n) is 3.32. The van der Waals surface area contributed by atoms with E-state index in [1.54, 1.807) is 7.05 Å². The highest BCUT2D eigenvalue weighted by Gasteiger charge is 2.16. The first kappa shape index (κ1) is 7.71. The van der Waals surface area contributed by atoms with Crippen LogP contribution >= 0.6 is 0 Å². The molecule has 0 radical (unpaired) electrons. The van der Waals surface area contributed by atoms with E-state index in [-0.39, 0.29) is 5.82 Å². The smallest absolute Gasteiger partial charge is 0.347 e. The van der Waals surface area contributed by atoms with E-state index in [0.717, 1.165) is 0 Å². The van der Waals surface area contributed by atoms with E-state index in [0.29, 0.717) is 12.0 Å². The average Bonchev–Trinajstić information content (AvgIpc) is 2.30. The van der Waals surface area contributed by atoms with Gasteiger partial charge in [-0.3, -0.25) is 0 Å². The molecule has 0 bridgehead atoms. The Morgan fingerprint density at radius 2 is 2.45 bits per heavy atom. The Hall–Kier alpha value is -1.39. The van der Waals surface area contributed by atoms with Crippen molar-refractivity contribution in [2.45, 2.75) is 13.3 Å². The topological polar surface area (TPSA) is 61.0 Å². The number of aryl methyl sites for hydroxylation is 2. The molecule has 0 aliphatic rings. The average molecular weight is 155 g/mol. The van der Waals surface area contributed by atoms with Crippen molar-refractivity contribution < 1.29 is 4.92 Å². The highest BCUT2D eigenvalue weighted by atomic mass is 16.6. The molecule has 60 valence electrons. The molecule has 1 aromatic rings. The second-order valence-electron chi connectivity index (χ2n) is 2.23. The van der Waals surface area contributed by atoms with Crippen molar-refractivity contribution in [3.8, 4) is 0 Å². The van der Waals surface area contributed by atoms with Gasteiger partial charge >= 0.3 is 5.82 Å². The lowest BCUT2D eigenvalue weighted by atomic mass is 10.3. The summed E-state index contributed by atoms with van der Waals surface area (Å²) in [4.78, 5) is 10.00. The van der Waals surface area contributed by atoms with Crippen molar-refractivity contribution in [2.75, 3.05) is 0 Å². The minimum absolute atomic E-state index is 0.0903. The molecule has 0 spiro atoms. The third-order valence-corrected chi connectivity index (χ3v) is 1.53. The molecule has 0 saturated carbocycles. The van der Waals surface area contributed by atoms with Crippen molar-refractivity contribution in [3.05, 3.63) is 21.9 Å². The van der Waals surface area contributed by atoms with E-state index in [9.17, 15) is 10.1 Å². The summed E-state index contributed by atoms with van der Waals surface area (Å²) in [5.41, 5.74) is 0.678. The van der Waals surface area contributed by atoms with Gasteiger partial charge < -0.3 is 10.1 Å². The van der Waals surface area contributed by atoms with Crippen LogP contribution in [0.25, 0.3) is 0 Å². The zero-order valence-electron chi connectivity index (χ0n) is 6.44. The molecule has 0 atom stereocenters. The number of nitrogens with zero attached hydrogens (tertiary/aromatic N) is 3. The van der Waals surface area contributed by atoms with E-state index >= 15 is 0 Å². The maximum Gasteiger partial charge on any atom is 0.347 e. The number of hydrogen-bond donors (Lipinski definition) is 0. The summed E-state index contributed by atoms with van der Waals surface area (Å²) >= 11 is 0. The minimum Gasteiger partial charge on any atom is -0.358 e. The lowest BCUT2D eigenvalue weighted by Gasteiger charge is -1.94. The number of hydrogen-bond acceptors (Lipinski definition) is 3. The van der Waals surface area contributed by atoms with Crippen molar-refractivity contribution in [2.24, 2.45) is 7.05 Å². The fraction of sp³-hybridized carbons (Fsp3) is 0.500. The molecule has 5 heteroatoms. The highest BCUT2D eigenvalue weighted by molar-refractivity contribution is 5.30. The Labute approximate surface area is 63.8 Å². The molecule has 1 aromatic heterocycles. The van der Waals surface area contributed by atoms with E-state index in [4.69, 9.17) is 0 Å². The maximum absolute atomic E-state index is 10.4. The predicted octanol–water partition coefficient (Wildman–Crippen LogP) is 0.891. The van der Waals surface area contributed by atoms with Crippen LogP contribution in [0.2, 0.25) is 0 Å². The molecule has 1 rings (SSSR count). The fourth-order valence-electron chi connectivity index (χ4n) is 0.961. The van der Waals surface area contributed by atoms with Gasteiger partial charge in [-0.1, -0.05) is 12.0 Å². The van der Waals surface area contributed by atoms with Crippen LogP contribution in [0.5, 0.6) is 0 Å². The fourth-order valence-corrected chi connectivity index (χ4v) is 0.961. The monoisotopic (exact) mass is 155 g/mol. The summed E-state index contributed by atoms with van der Waals surface area (Å²) in [7, 11) is 1.57. The second kappa shape index (κ2) is 2.69. The van der Waals surface area contributed by atoms with Gasteiger partial charge in [0.1, 0.15) is 7.05 Å². The minimum atomic E-state index is -0.411. The molecule has 0 aliphatic carbocycles. The van der Waals surface area contributed by atoms with Gasteiger partial charge in [0.05, 0.1) is 11.8 Å². The lowest BCUT2D eigenvalue weighted by molar-refractivity contribution is -0.393. The van der Waals surface area contributed by atoms with Crippen LogP contribution in [0.15, 0.2) is 6.20 Å². The first-order valence-corrected chi connectivity index (χ1v) is 3.32. The van der Waals surface area contributed by atoms with Crippen LogP contribution in [-0.2, 0) is 13.5 Å². The number of nitro groups is 1. The van der Waals surface area contributed by atoms with Gasteiger partial charge in [0.2, 0.25) is 0 Å². The van der Waals surface area contributed by atoms with Gasteiger partial charge in [-0.15, -0.1) is 4.68 Å². The predicted molar refractivity (Wildman–Crippen MR) is 39.2 cm³/mol. The molecule has 0 N–H and O–H groups in total.